The molecule has 1 heterocycles. The summed E-state index contributed by atoms with van der Waals surface area (Å²) in [6.07, 6.45) is 3.50. The van der Waals surface area contributed by atoms with Crippen molar-refractivity contribution in [2.24, 2.45) is 0 Å². The Morgan fingerprint density at radius 1 is 1.37 bits per heavy atom. The standard InChI is InChI=1S/C14H14N2O3/c1-3-14(17)9(2)10-4-5-13(16(18)19)12-8-15-7-6-11(10)12/h4-9H,3H2,1-2H3. The molecule has 5 heteroatoms. The van der Waals surface area contributed by atoms with Crippen LogP contribution in [-0.4, -0.2) is 15.7 Å². The van der Waals surface area contributed by atoms with Gasteiger partial charge in [-0.3, -0.25) is 19.9 Å². The van der Waals surface area contributed by atoms with Gasteiger partial charge in [0.05, 0.1) is 10.3 Å². The molecule has 2 aromatic rings. The van der Waals surface area contributed by atoms with E-state index in [9.17, 15) is 14.9 Å². The number of ketones is 1. The average molecular weight is 258 g/mol. The lowest BCUT2D eigenvalue weighted by molar-refractivity contribution is -0.383. The van der Waals surface area contributed by atoms with E-state index in [0.717, 1.165) is 10.9 Å². The maximum atomic E-state index is 11.8. The Hall–Kier alpha value is -2.30. The molecule has 1 aromatic heterocycles. The zero-order valence-electron chi connectivity index (χ0n) is 10.8. The van der Waals surface area contributed by atoms with E-state index in [1.165, 1.54) is 12.3 Å². The maximum absolute atomic E-state index is 11.8. The summed E-state index contributed by atoms with van der Waals surface area (Å²) in [4.78, 5) is 26.3. The molecule has 0 aliphatic rings. The lowest BCUT2D eigenvalue weighted by Crippen LogP contribution is -2.08. The summed E-state index contributed by atoms with van der Waals surface area (Å²) in [5, 5.41) is 12.2. The Labute approximate surface area is 110 Å². The molecule has 2 rings (SSSR count). The number of carbonyl (C=O) groups excluding carboxylic acids is 1. The van der Waals surface area contributed by atoms with Crippen molar-refractivity contribution in [3.63, 3.8) is 0 Å². The van der Waals surface area contributed by atoms with Crippen molar-refractivity contribution in [2.45, 2.75) is 26.2 Å². The summed E-state index contributed by atoms with van der Waals surface area (Å²) in [5.41, 5.74) is 0.831. The van der Waals surface area contributed by atoms with Gasteiger partial charge in [0.25, 0.3) is 5.69 Å². The number of Topliss-reactive ketones (excluding diaryl/α,β-unsaturated/α-hetero) is 1. The van der Waals surface area contributed by atoms with Crippen LogP contribution in [0, 0.1) is 10.1 Å². The fraction of sp³-hybridized carbons (Fsp3) is 0.286. The number of hydrogen-bond acceptors (Lipinski definition) is 4. The first-order valence-corrected chi connectivity index (χ1v) is 6.10. The molecule has 98 valence electrons. The fourth-order valence-electron chi connectivity index (χ4n) is 2.21. The van der Waals surface area contributed by atoms with E-state index in [4.69, 9.17) is 0 Å². The highest BCUT2D eigenvalue weighted by molar-refractivity contribution is 5.97. The van der Waals surface area contributed by atoms with Gasteiger partial charge >= 0.3 is 0 Å². The van der Waals surface area contributed by atoms with Gasteiger partial charge in [-0.2, -0.15) is 0 Å². The number of non-ortho nitro benzene ring substituents is 1. The number of hydrogen-bond donors (Lipinski definition) is 0. The van der Waals surface area contributed by atoms with Crippen LogP contribution in [0.15, 0.2) is 30.6 Å². The van der Waals surface area contributed by atoms with E-state index in [1.807, 2.05) is 13.8 Å². The predicted octanol–water partition coefficient (Wildman–Crippen LogP) is 3.23. The zero-order valence-corrected chi connectivity index (χ0v) is 10.8. The molecule has 1 unspecified atom stereocenters. The first-order chi connectivity index (χ1) is 9.06. The van der Waals surface area contributed by atoms with Gasteiger partial charge in [-0.25, -0.2) is 0 Å². The normalized spacial score (nSPS) is 12.3. The second kappa shape index (κ2) is 5.14. The number of nitro benzene ring substituents is 1. The highest BCUT2D eigenvalue weighted by atomic mass is 16.6. The molecule has 1 atom stereocenters. The van der Waals surface area contributed by atoms with Gasteiger partial charge in [-0.05, 0) is 17.0 Å². The Balaban J connectivity index is 2.68. The van der Waals surface area contributed by atoms with Crippen molar-refractivity contribution in [1.29, 1.82) is 0 Å². The third-order valence-corrected chi connectivity index (χ3v) is 3.32. The molecule has 0 fully saturated rings. The van der Waals surface area contributed by atoms with Gasteiger partial charge in [-0.1, -0.05) is 19.9 Å². The van der Waals surface area contributed by atoms with Crippen LogP contribution in [0.1, 0.15) is 31.7 Å². The van der Waals surface area contributed by atoms with Crippen LogP contribution >= 0.6 is 0 Å². The molecule has 0 spiro atoms. The van der Waals surface area contributed by atoms with Crippen LogP contribution in [-0.2, 0) is 4.79 Å². The second-order valence-corrected chi connectivity index (χ2v) is 4.39. The molecule has 0 aliphatic carbocycles. The summed E-state index contributed by atoms with van der Waals surface area (Å²) >= 11 is 0. The van der Waals surface area contributed by atoms with Crippen molar-refractivity contribution in [1.82, 2.24) is 4.98 Å². The van der Waals surface area contributed by atoms with Crippen LogP contribution in [0.2, 0.25) is 0 Å². The summed E-state index contributed by atoms with van der Waals surface area (Å²) in [5.74, 6) is -0.150. The summed E-state index contributed by atoms with van der Waals surface area (Å²) in [7, 11) is 0. The Kier molecular flexibility index (Phi) is 3.55. The highest BCUT2D eigenvalue weighted by Crippen LogP contribution is 2.32. The van der Waals surface area contributed by atoms with E-state index in [-0.39, 0.29) is 17.4 Å². The molecule has 0 saturated carbocycles. The van der Waals surface area contributed by atoms with Gasteiger partial charge in [0.15, 0.2) is 0 Å². The molecule has 0 aliphatic heterocycles. The van der Waals surface area contributed by atoms with E-state index >= 15 is 0 Å². The van der Waals surface area contributed by atoms with Crippen LogP contribution in [0.25, 0.3) is 10.8 Å². The minimum Gasteiger partial charge on any atom is -0.299 e. The quantitative estimate of drug-likeness (QED) is 0.623. The monoisotopic (exact) mass is 258 g/mol. The molecule has 19 heavy (non-hydrogen) atoms. The summed E-state index contributed by atoms with van der Waals surface area (Å²) < 4.78 is 0. The third kappa shape index (κ3) is 2.31. The lowest BCUT2D eigenvalue weighted by Gasteiger charge is -2.12. The fourth-order valence-corrected chi connectivity index (χ4v) is 2.21. The summed E-state index contributed by atoms with van der Waals surface area (Å²) in [6.45, 7) is 3.64. The molecule has 0 saturated heterocycles. The van der Waals surface area contributed by atoms with Crippen molar-refractivity contribution in [3.05, 3.63) is 46.3 Å². The maximum Gasteiger partial charge on any atom is 0.278 e. The van der Waals surface area contributed by atoms with Crippen molar-refractivity contribution in [3.8, 4) is 0 Å². The molecular formula is C14H14N2O3. The number of rotatable bonds is 4. The lowest BCUT2D eigenvalue weighted by atomic mass is 9.91. The van der Waals surface area contributed by atoms with Crippen molar-refractivity contribution in [2.75, 3.05) is 0 Å². The second-order valence-electron chi connectivity index (χ2n) is 4.39. The van der Waals surface area contributed by atoms with Gasteiger partial charge in [0.2, 0.25) is 0 Å². The minimum atomic E-state index is -0.430. The van der Waals surface area contributed by atoms with E-state index < -0.39 is 4.92 Å². The zero-order chi connectivity index (χ0) is 14.0. The van der Waals surface area contributed by atoms with Crippen molar-refractivity contribution >= 4 is 22.2 Å². The third-order valence-electron chi connectivity index (χ3n) is 3.32. The highest BCUT2D eigenvalue weighted by Gasteiger charge is 2.20. The van der Waals surface area contributed by atoms with E-state index in [1.54, 1.807) is 18.3 Å². The molecule has 0 bridgehead atoms. The van der Waals surface area contributed by atoms with Crippen LogP contribution in [0.4, 0.5) is 5.69 Å². The van der Waals surface area contributed by atoms with E-state index in [2.05, 4.69) is 4.98 Å². The number of carbonyl (C=O) groups is 1. The Bertz CT molecular complexity index is 652. The topological polar surface area (TPSA) is 73.1 Å². The number of pyridine rings is 1. The largest absolute Gasteiger partial charge is 0.299 e. The van der Waals surface area contributed by atoms with Gasteiger partial charge in [0, 0.05) is 30.8 Å². The number of fused-ring (bicyclic) bond motifs is 1. The minimum absolute atomic E-state index is 0.0167. The average Bonchev–Trinajstić information content (AvgIpc) is 2.44. The smallest absolute Gasteiger partial charge is 0.278 e. The first kappa shape index (κ1) is 13.1. The SMILES string of the molecule is CCC(=O)C(C)c1ccc([N+](=O)[O-])c2cnccc12. The number of aromatic nitrogens is 1. The van der Waals surface area contributed by atoms with Crippen molar-refractivity contribution < 1.29 is 9.72 Å². The number of benzene rings is 1. The Morgan fingerprint density at radius 2 is 2.11 bits per heavy atom. The molecule has 0 radical (unpaired) electrons. The van der Waals surface area contributed by atoms with Crippen LogP contribution < -0.4 is 0 Å². The number of nitro groups is 1. The molecule has 5 nitrogen and oxygen atoms in total. The molecule has 0 N–H and O–H groups in total. The van der Waals surface area contributed by atoms with Crippen LogP contribution in [0.3, 0.4) is 0 Å². The predicted molar refractivity (Wildman–Crippen MR) is 72.1 cm³/mol. The van der Waals surface area contributed by atoms with Gasteiger partial charge in [-0.15, -0.1) is 0 Å². The van der Waals surface area contributed by atoms with E-state index in [0.29, 0.717) is 11.8 Å². The molecule has 0 amide bonds. The van der Waals surface area contributed by atoms with Crippen LogP contribution in [0.5, 0.6) is 0 Å². The summed E-state index contributed by atoms with van der Waals surface area (Å²) in [6, 6.07) is 4.83. The Morgan fingerprint density at radius 3 is 2.74 bits per heavy atom. The number of nitrogens with zero attached hydrogens (tertiary/aromatic N) is 2. The molecular weight excluding hydrogens is 244 g/mol. The van der Waals surface area contributed by atoms with Gasteiger partial charge in [0.1, 0.15) is 5.78 Å². The molecule has 1 aromatic carbocycles. The van der Waals surface area contributed by atoms with Gasteiger partial charge < -0.3 is 0 Å². The first-order valence-electron chi connectivity index (χ1n) is 6.10.